The Morgan fingerprint density at radius 1 is 1.22 bits per heavy atom. The number of nitrogens with one attached hydrogen (secondary N) is 1. The molecule has 0 radical (unpaired) electrons. The number of aryl methyl sites for hydroxylation is 2. The second-order valence-corrected chi connectivity index (χ2v) is 5.84. The zero-order valence-electron chi connectivity index (χ0n) is 12.7. The first-order valence-electron chi connectivity index (χ1n) is 7.17. The summed E-state index contributed by atoms with van der Waals surface area (Å²) in [5, 5.41) is 4.28. The molecule has 2 aromatic carbocycles. The number of rotatable bonds is 4. The highest BCUT2D eigenvalue weighted by Crippen LogP contribution is 2.26. The van der Waals surface area contributed by atoms with E-state index >= 15 is 0 Å². The fourth-order valence-electron chi connectivity index (χ4n) is 2.42. The molecule has 0 amide bonds. The summed E-state index contributed by atoms with van der Waals surface area (Å²) < 4.78 is 18.9. The van der Waals surface area contributed by atoms with Gasteiger partial charge in [-0.3, -0.25) is 4.79 Å². The van der Waals surface area contributed by atoms with E-state index in [2.05, 4.69) is 5.32 Å². The third-order valence-electron chi connectivity index (χ3n) is 3.78. The van der Waals surface area contributed by atoms with Crippen LogP contribution in [0.2, 0.25) is 5.02 Å². The van der Waals surface area contributed by atoms with Crippen molar-refractivity contribution in [2.75, 3.05) is 11.9 Å². The van der Waals surface area contributed by atoms with E-state index in [0.29, 0.717) is 21.6 Å². The van der Waals surface area contributed by atoms with Crippen molar-refractivity contribution in [2.24, 2.45) is 0 Å². The van der Waals surface area contributed by atoms with Crippen molar-refractivity contribution in [1.82, 2.24) is 0 Å². The van der Waals surface area contributed by atoms with E-state index < -0.39 is 0 Å². The van der Waals surface area contributed by atoms with Crippen molar-refractivity contribution >= 4 is 34.0 Å². The van der Waals surface area contributed by atoms with Crippen molar-refractivity contribution in [3.63, 3.8) is 0 Å². The molecule has 0 aliphatic heterocycles. The first-order chi connectivity index (χ1) is 11.0. The molecule has 3 nitrogen and oxygen atoms in total. The van der Waals surface area contributed by atoms with Crippen LogP contribution in [0.1, 0.15) is 21.7 Å². The number of Topliss-reactive ketones (excluding diaryl/α,β-unsaturated/α-hetero) is 1. The highest BCUT2D eigenvalue weighted by molar-refractivity contribution is 6.31. The fourth-order valence-corrected chi connectivity index (χ4v) is 2.61. The summed E-state index contributed by atoms with van der Waals surface area (Å²) in [6.07, 6.45) is 0. The summed E-state index contributed by atoms with van der Waals surface area (Å²) in [5.41, 5.74) is 2.88. The number of anilines is 1. The largest absolute Gasteiger partial charge is 0.453 e. The molecule has 3 rings (SSSR count). The Bertz CT molecular complexity index is 901. The number of benzene rings is 2. The van der Waals surface area contributed by atoms with Crippen LogP contribution in [0, 0.1) is 19.7 Å². The van der Waals surface area contributed by atoms with Gasteiger partial charge in [-0.15, -0.1) is 0 Å². The molecule has 0 saturated heterocycles. The van der Waals surface area contributed by atoms with Gasteiger partial charge in [0, 0.05) is 21.7 Å². The maximum atomic E-state index is 13.3. The minimum absolute atomic E-state index is 0.0720. The van der Waals surface area contributed by atoms with Gasteiger partial charge < -0.3 is 9.73 Å². The SMILES string of the molecule is Cc1ccc(NCC(=O)c2oc3ccc(F)cc3c2C)cc1Cl. The molecule has 0 atom stereocenters. The normalized spacial score (nSPS) is 11.0. The number of fused-ring (bicyclic) bond motifs is 1. The lowest BCUT2D eigenvalue weighted by atomic mass is 10.1. The Morgan fingerprint density at radius 3 is 2.74 bits per heavy atom. The second kappa shape index (κ2) is 6.05. The summed E-state index contributed by atoms with van der Waals surface area (Å²) in [4.78, 5) is 12.4. The molecule has 3 aromatic rings. The lowest BCUT2D eigenvalue weighted by Crippen LogP contribution is -2.14. The van der Waals surface area contributed by atoms with E-state index in [9.17, 15) is 9.18 Å². The molecule has 0 fully saturated rings. The van der Waals surface area contributed by atoms with Crippen molar-refractivity contribution in [1.29, 1.82) is 0 Å². The molecule has 5 heteroatoms. The smallest absolute Gasteiger partial charge is 0.217 e. The quantitative estimate of drug-likeness (QED) is 0.673. The molecule has 0 spiro atoms. The van der Waals surface area contributed by atoms with Crippen LogP contribution in [0.15, 0.2) is 40.8 Å². The Morgan fingerprint density at radius 2 is 2.00 bits per heavy atom. The van der Waals surface area contributed by atoms with Gasteiger partial charge in [0.1, 0.15) is 11.4 Å². The van der Waals surface area contributed by atoms with Crippen LogP contribution >= 0.6 is 11.6 Å². The third kappa shape index (κ3) is 3.08. The average molecular weight is 332 g/mol. The molecule has 118 valence electrons. The molecule has 1 heterocycles. The van der Waals surface area contributed by atoms with Crippen LogP contribution in [0.4, 0.5) is 10.1 Å². The van der Waals surface area contributed by atoms with Crippen molar-refractivity contribution in [3.05, 3.63) is 64.1 Å². The molecular weight excluding hydrogens is 317 g/mol. The van der Waals surface area contributed by atoms with Gasteiger partial charge in [0.25, 0.3) is 0 Å². The van der Waals surface area contributed by atoms with Crippen LogP contribution in [-0.2, 0) is 0 Å². The summed E-state index contributed by atoms with van der Waals surface area (Å²) in [5.74, 6) is -0.306. The van der Waals surface area contributed by atoms with Gasteiger partial charge in [0.05, 0.1) is 6.54 Å². The van der Waals surface area contributed by atoms with Gasteiger partial charge >= 0.3 is 0 Å². The molecule has 0 unspecified atom stereocenters. The number of halogens is 2. The number of carbonyl (C=O) groups is 1. The first kappa shape index (κ1) is 15.6. The summed E-state index contributed by atoms with van der Waals surface area (Å²) in [6.45, 7) is 3.73. The maximum Gasteiger partial charge on any atom is 0.217 e. The molecule has 0 aliphatic carbocycles. The van der Waals surface area contributed by atoms with Crippen LogP contribution < -0.4 is 5.32 Å². The Labute approximate surface area is 138 Å². The van der Waals surface area contributed by atoms with E-state index in [0.717, 1.165) is 11.3 Å². The van der Waals surface area contributed by atoms with Gasteiger partial charge in [-0.25, -0.2) is 4.39 Å². The van der Waals surface area contributed by atoms with E-state index in [4.69, 9.17) is 16.0 Å². The fraction of sp³-hybridized carbons (Fsp3) is 0.167. The zero-order chi connectivity index (χ0) is 16.6. The van der Waals surface area contributed by atoms with Gasteiger partial charge in [0.15, 0.2) is 5.76 Å². The maximum absolute atomic E-state index is 13.3. The molecule has 1 N–H and O–H groups in total. The van der Waals surface area contributed by atoms with Crippen LogP contribution in [0.5, 0.6) is 0 Å². The van der Waals surface area contributed by atoms with E-state index in [1.807, 2.05) is 19.1 Å². The lowest BCUT2D eigenvalue weighted by molar-refractivity contribution is 0.0981. The van der Waals surface area contributed by atoms with E-state index in [1.54, 1.807) is 13.0 Å². The molecule has 0 aliphatic rings. The van der Waals surface area contributed by atoms with Gasteiger partial charge in [-0.2, -0.15) is 0 Å². The third-order valence-corrected chi connectivity index (χ3v) is 4.18. The number of hydrogen-bond donors (Lipinski definition) is 1. The highest BCUT2D eigenvalue weighted by atomic mass is 35.5. The minimum atomic E-state index is -0.354. The van der Waals surface area contributed by atoms with Crippen LogP contribution in [0.25, 0.3) is 11.0 Å². The Kier molecular flexibility index (Phi) is 4.09. The number of furan rings is 1. The molecule has 0 bridgehead atoms. The second-order valence-electron chi connectivity index (χ2n) is 5.44. The van der Waals surface area contributed by atoms with Gasteiger partial charge in [-0.05, 0) is 49.7 Å². The first-order valence-corrected chi connectivity index (χ1v) is 7.55. The molecule has 23 heavy (non-hydrogen) atoms. The van der Waals surface area contributed by atoms with Crippen LogP contribution in [0.3, 0.4) is 0 Å². The minimum Gasteiger partial charge on any atom is -0.453 e. The monoisotopic (exact) mass is 331 g/mol. The number of ketones is 1. The van der Waals surface area contributed by atoms with Crippen molar-refractivity contribution < 1.29 is 13.6 Å². The highest BCUT2D eigenvalue weighted by Gasteiger charge is 2.17. The number of carbonyl (C=O) groups excluding carboxylic acids is 1. The molecule has 0 saturated carbocycles. The lowest BCUT2D eigenvalue weighted by Gasteiger charge is -2.06. The summed E-state index contributed by atoms with van der Waals surface area (Å²) >= 11 is 6.06. The topological polar surface area (TPSA) is 42.2 Å². The predicted octanol–water partition coefficient (Wildman–Crippen LogP) is 5.14. The molecule has 1 aromatic heterocycles. The summed E-state index contributed by atoms with van der Waals surface area (Å²) in [6, 6.07) is 9.72. The van der Waals surface area contributed by atoms with E-state index in [1.165, 1.54) is 18.2 Å². The predicted molar refractivity (Wildman–Crippen MR) is 89.9 cm³/mol. The van der Waals surface area contributed by atoms with Crippen LogP contribution in [-0.4, -0.2) is 12.3 Å². The van der Waals surface area contributed by atoms with E-state index in [-0.39, 0.29) is 23.9 Å². The van der Waals surface area contributed by atoms with Gasteiger partial charge in [0.2, 0.25) is 5.78 Å². The van der Waals surface area contributed by atoms with Crippen molar-refractivity contribution in [3.8, 4) is 0 Å². The van der Waals surface area contributed by atoms with Gasteiger partial charge in [-0.1, -0.05) is 17.7 Å². The van der Waals surface area contributed by atoms with Crippen molar-refractivity contribution in [2.45, 2.75) is 13.8 Å². The Hall–Kier alpha value is -2.33. The summed E-state index contributed by atoms with van der Waals surface area (Å²) in [7, 11) is 0. The zero-order valence-corrected chi connectivity index (χ0v) is 13.5. The number of hydrogen-bond acceptors (Lipinski definition) is 3. The Balaban J connectivity index is 1.80. The average Bonchev–Trinajstić information content (AvgIpc) is 2.85. The standard InChI is InChI=1S/C18H15ClFNO2/c1-10-3-5-13(8-15(10)19)21-9-16(22)18-11(2)14-7-12(20)4-6-17(14)23-18/h3-8,21H,9H2,1-2H3. The molecular formula is C18H15ClFNO2.